The van der Waals surface area contributed by atoms with Crippen LogP contribution in [0, 0.1) is 0 Å². The summed E-state index contributed by atoms with van der Waals surface area (Å²) in [4.78, 5) is 25.9. The van der Waals surface area contributed by atoms with Gasteiger partial charge in [-0.2, -0.15) is 0 Å². The molecule has 6 heteroatoms. The minimum atomic E-state index is -0.441. The van der Waals surface area contributed by atoms with Crippen LogP contribution in [0.25, 0.3) is 0 Å². The summed E-state index contributed by atoms with van der Waals surface area (Å²) < 4.78 is 23.6. The molecule has 0 spiro atoms. The van der Waals surface area contributed by atoms with Gasteiger partial charge in [-0.15, -0.1) is 0 Å². The summed E-state index contributed by atoms with van der Waals surface area (Å²) in [5.74, 6) is 0.758. The fourth-order valence-electron chi connectivity index (χ4n) is 7.40. The SMILES string of the molecule is CCCCCCOC1CCC(c2ccc(C(=O)Oc3cccc(OC(=O)c4ccc(C5CCC(OCCCCCC)CC5)cc4)c3)cc2)CC1. The fourth-order valence-corrected chi connectivity index (χ4v) is 7.40. The molecule has 3 aromatic rings. The molecule has 50 heavy (non-hydrogen) atoms. The number of carbonyl (C=O) groups excluding carboxylic acids is 2. The molecule has 2 saturated carbocycles. The lowest BCUT2D eigenvalue weighted by Crippen LogP contribution is -2.21. The van der Waals surface area contributed by atoms with E-state index >= 15 is 0 Å². The van der Waals surface area contributed by atoms with Crippen molar-refractivity contribution >= 4 is 11.9 Å². The average Bonchev–Trinajstić information content (AvgIpc) is 3.15. The zero-order valence-corrected chi connectivity index (χ0v) is 30.4. The maximum atomic E-state index is 13.0. The van der Waals surface area contributed by atoms with Gasteiger partial charge in [0, 0.05) is 19.3 Å². The van der Waals surface area contributed by atoms with Crippen LogP contribution in [0.15, 0.2) is 72.8 Å². The number of ether oxygens (including phenoxy) is 4. The summed E-state index contributed by atoms with van der Waals surface area (Å²) in [5, 5.41) is 0. The van der Waals surface area contributed by atoms with Crippen LogP contribution in [0.2, 0.25) is 0 Å². The van der Waals surface area contributed by atoms with Crippen LogP contribution in [-0.2, 0) is 9.47 Å². The Labute approximate surface area is 300 Å². The highest BCUT2D eigenvalue weighted by Crippen LogP contribution is 2.36. The molecule has 0 bridgehead atoms. The topological polar surface area (TPSA) is 71.1 Å². The number of esters is 2. The van der Waals surface area contributed by atoms with Crippen LogP contribution in [0.1, 0.15) is 160 Å². The molecule has 2 fully saturated rings. The second-order valence-electron chi connectivity index (χ2n) is 14.3. The Kier molecular flexibility index (Phi) is 15.4. The Bertz CT molecular complexity index is 1330. The predicted molar refractivity (Wildman–Crippen MR) is 199 cm³/mol. The lowest BCUT2D eigenvalue weighted by molar-refractivity contribution is 0.0225. The van der Waals surface area contributed by atoms with Gasteiger partial charge in [0.2, 0.25) is 0 Å². The van der Waals surface area contributed by atoms with Crippen LogP contribution in [0.3, 0.4) is 0 Å². The second-order valence-corrected chi connectivity index (χ2v) is 14.3. The number of hydrogen-bond acceptors (Lipinski definition) is 6. The lowest BCUT2D eigenvalue weighted by Gasteiger charge is -2.29. The van der Waals surface area contributed by atoms with Crippen molar-refractivity contribution in [2.45, 2.75) is 141 Å². The Morgan fingerprint density at radius 2 is 0.920 bits per heavy atom. The summed E-state index contributed by atoms with van der Waals surface area (Å²) in [6.45, 7) is 6.22. The van der Waals surface area contributed by atoms with E-state index < -0.39 is 11.9 Å². The van der Waals surface area contributed by atoms with E-state index in [2.05, 4.69) is 13.8 Å². The van der Waals surface area contributed by atoms with Crippen molar-refractivity contribution in [3.8, 4) is 11.5 Å². The fraction of sp³-hybridized carbons (Fsp3) is 0.545. The first-order valence-electron chi connectivity index (χ1n) is 19.5. The highest BCUT2D eigenvalue weighted by molar-refractivity contribution is 5.92. The summed E-state index contributed by atoms with van der Waals surface area (Å²) in [6.07, 6.45) is 19.4. The molecular formula is C44H58O6. The first-order chi connectivity index (χ1) is 24.5. The van der Waals surface area contributed by atoms with E-state index in [1.165, 1.54) is 49.7 Å². The molecule has 0 heterocycles. The summed E-state index contributed by atoms with van der Waals surface area (Å²) in [6, 6.07) is 22.2. The smallest absolute Gasteiger partial charge is 0.343 e. The standard InChI is InChI=1S/C44H58O6/c1-3-5-7-9-30-47-39-26-22-35(23-27-39)33-14-18-37(19-15-33)43(45)49-41-12-11-13-42(32-41)50-44(46)38-20-16-34(17-21-38)36-24-28-40(29-25-36)48-31-10-8-6-4-2/h11-21,32,35-36,39-40H,3-10,22-31H2,1-2H3. The van der Waals surface area contributed by atoms with Crippen LogP contribution in [0.5, 0.6) is 11.5 Å². The van der Waals surface area contributed by atoms with Gasteiger partial charge in [0.15, 0.2) is 0 Å². The van der Waals surface area contributed by atoms with E-state index in [0.29, 0.717) is 46.7 Å². The van der Waals surface area contributed by atoms with Crippen molar-refractivity contribution in [3.05, 3.63) is 95.1 Å². The number of hydrogen-bond donors (Lipinski definition) is 0. The first kappa shape index (κ1) is 37.8. The monoisotopic (exact) mass is 682 g/mol. The van der Waals surface area contributed by atoms with Gasteiger partial charge in [0.05, 0.1) is 23.3 Å². The van der Waals surface area contributed by atoms with Gasteiger partial charge in [0.25, 0.3) is 0 Å². The van der Waals surface area contributed by atoms with Gasteiger partial charge in [-0.25, -0.2) is 9.59 Å². The number of unbranched alkanes of at least 4 members (excludes halogenated alkanes) is 6. The van der Waals surface area contributed by atoms with Crippen molar-refractivity contribution in [2.75, 3.05) is 13.2 Å². The van der Waals surface area contributed by atoms with Gasteiger partial charge in [-0.3, -0.25) is 0 Å². The quantitative estimate of drug-likeness (QED) is 0.0755. The zero-order valence-electron chi connectivity index (χ0n) is 30.4. The van der Waals surface area contributed by atoms with Crippen molar-refractivity contribution in [1.82, 2.24) is 0 Å². The van der Waals surface area contributed by atoms with Crippen molar-refractivity contribution in [1.29, 1.82) is 0 Å². The molecule has 3 aromatic carbocycles. The Hall–Kier alpha value is -3.48. The van der Waals surface area contributed by atoms with Crippen LogP contribution < -0.4 is 9.47 Å². The molecule has 0 N–H and O–H groups in total. The molecule has 0 radical (unpaired) electrons. The molecular weight excluding hydrogens is 624 g/mol. The Morgan fingerprint density at radius 1 is 0.520 bits per heavy atom. The molecule has 0 aliphatic heterocycles. The van der Waals surface area contributed by atoms with Crippen LogP contribution in [-0.4, -0.2) is 37.4 Å². The number of benzene rings is 3. The zero-order chi connectivity index (χ0) is 35.0. The third-order valence-electron chi connectivity index (χ3n) is 10.5. The van der Waals surface area contributed by atoms with Crippen molar-refractivity contribution in [2.24, 2.45) is 0 Å². The predicted octanol–water partition coefficient (Wildman–Crippen LogP) is 11.4. The highest BCUT2D eigenvalue weighted by Gasteiger charge is 2.24. The lowest BCUT2D eigenvalue weighted by atomic mass is 9.82. The molecule has 6 nitrogen and oxygen atoms in total. The Morgan fingerprint density at radius 3 is 1.30 bits per heavy atom. The Balaban J connectivity index is 1.04. The molecule has 0 aromatic heterocycles. The number of rotatable bonds is 18. The highest BCUT2D eigenvalue weighted by atomic mass is 16.5. The molecule has 0 atom stereocenters. The summed E-state index contributed by atoms with van der Waals surface area (Å²) >= 11 is 0. The van der Waals surface area contributed by atoms with E-state index in [-0.39, 0.29) is 0 Å². The van der Waals surface area contributed by atoms with Crippen molar-refractivity contribution < 1.29 is 28.5 Å². The minimum Gasteiger partial charge on any atom is -0.423 e. The molecule has 0 unspecified atom stereocenters. The molecule has 270 valence electrons. The van der Waals surface area contributed by atoms with E-state index in [4.69, 9.17) is 18.9 Å². The third-order valence-corrected chi connectivity index (χ3v) is 10.5. The number of carbonyl (C=O) groups is 2. The maximum absolute atomic E-state index is 13.0. The third kappa shape index (κ3) is 11.8. The largest absolute Gasteiger partial charge is 0.423 e. The van der Waals surface area contributed by atoms with E-state index in [1.807, 2.05) is 48.5 Å². The maximum Gasteiger partial charge on any atom is 0.343 e. The average molecular weight is 683 g/mol. The molecule has 2 aliphatic rings. The van der Waals surface area contributed by atoms with Gasteiger partial charge in [-0.1, -0.05) is 82.7 Å². The van der Waals surface area contributed by atoms with E-state index in [9.17, 15) is 9.59 Å². The minimum absolute atomic E-state index is 0.327. The van der Waals surface area contributed by atoms with Crippen molar-refractivity contribution in [3.63, 3.8) is 0 Å². The molecule has 0 saturated heterocycles. The summed E-state index contributed by atoms with van der Waals surface area (Å²) in [5.41, 5.74) is 3.50. The first-order valence-corrected chi connectivity index (χ1v) is 19.5. The van der Waals surface area contributed by atoms with Gasteiger partial charge < -0.3 is 18.9 Å². The van der Waals surface area contributed by atoms with E-state index in [0.717, 1.165) is 77.4 Å². The van der Waals surface area contributed by atoms with Gasteiger partial charge in [-0.05, 0) is 124 Å². The molecule has 0 amide bonds. The van der Waals surface area contributed by atoms with E-state index in [1.54, 1.807) is 24.3 Å². The van der Waals surface area contributed by atoms with Crippen LogP contribution >= 0.6 is 0 Å². The summed E-state index contributed by atoms with van der Waals surface area (Å²) in [7, 11) is 0. The van der Waals surface area contributed by atoms with Crippen LogP contribution in [0.4, 0.5) is 0 Å². The normalized spacial score (nSPS) is 20.7. The second kappa shape index (κ2) is 20.4. The van der Waals surface area contributed by atoms with Gasteiger partial charge >= 0.3 is 11.9 Å². The molecule has 2 aliphatic carbocycles. The molecule has 5 rings (SSSR count). The van der Waals surface area contributed by atoms with Gasteiger partial charge in [0.1, 0.15) is 11.5 Å².